The van der Waals surface area contributed by atoms with Crippen molar-refractivity contribution in [3.05, 3.63) is 12.1 Å². The van der Waals surface area contributed by atoms with Gasteiger partial charge < -0.3 is 20.5 Å². The highest BCUT2D eigenvalue weighted by atomic mass is 32.2. The number of methoxy groups -OCH3 is 2. The Morgan fingerprint density at radius 1 is 1.19 bits per heavy atom. The molecule has 0 aromatic heterocycles. The molecule has 118 valence electrons. The molecule has 1 amide bonds. The minimum absolute atomic E-state index is 0.0526. The summed E-state index contributed by atoms with van der Waals surface area (Å²) in [5, 5.41) is 2.49. The Labute approximate surface area is 123 Å². The van der Waals surface area contributed by atoms with Crippen LogP contribution < -0.4 is 25.2 Å². The summed E-state index contributed by atoms with van der Waals surface area (Å²) in [7, 11) is -1.04. The van der Waals surface area contributed by atoms with Crippen LogP contribution in [0, 0.1) is 0 Å². The van der Waals surface area contributed by atoms with Crippen molar-refractivity contribution >= 4 is 21.6 Å². The number of hydrogen-bond acceptors (Lipinski definition) is 6. The molecule has 0 unspecified atom stereocenters. The molecule has 9 heteroatoms. The van der Waals surface area contributed by atoms with Gasteiger partial charge in [-0.3, -0.25) is 4.79 Å². The summed E-state index contributed by atoms with van der Waals surface area (Å²) in [6.45, 7) is 1.58. The zero-order valence-corrected chi connectivity index (χ0v) is 12.9. The lowest BCUT2D eigenvalue weighted by Gasteiger charge is -2.13. The van der Waals surface area contributed by atoms with Gasteiger partial charge in [0.25, 0.3) is 0 Å². The fourth-order valence-corrected chi connectivity index (χ4v) is 2.82. The number of anilines is 1. The summed E-state index contributed by atoms with van der Waals surface area (Å²) >= 11 is 0. The van der Waals surface area contributed by atoms with Crippen LogP contribution in [0.5, 0.6) is 11.5 Å². The monoisotopic (exact) mass is 317 g/mol. The third-order valence-electron chi connectivity index (χ3n) is 2.60. The van der Waals surface area contributed by atoms with E-state index in [1.807, 2.05) is 0 Å². The highest BCUT2D eigenvalue weighted by Gasteiger charge is 2.21. The fourth-order valence-electron chi connectivity index (χ4n) is 1.60. The molecule has 0 spiro atoms. The molecule has 0 aliphatic carbocycles. The Hall–Kier alpha value is -2.00. The van der Waals surface area contributed by atoms with Gasteiger partial charge in [-0.15, -0.1) is 0 Å². The Kier molecular flexibility index (Phi) is 5.79. The smallest absolute Gasteiger partial charge is 0.244 e. The molecular formula is C12H19N3O5S. The van der Waals surface area contributed by atoms with E-state index in [1.165, 1.54) is 33.3 Å². The van der Waals surface area contributed by atoms with Gasteiger partial charge in [0.1, 0.15) is 16.4 Å². The number of benzene rings is 1. The highest BCUT2D eigenvalue weighted by Crippen LogP contribution is 2.33. The Bertz CT molecular complexity index is 616. The molecule has 21 heavy (non-hydrogen) atoms. The van der Waals surface area contributed by atoms with Gasteiger partial charge in [-0.1, -0.05) is 0 Å². The fraction of sp³-hybridized carbons (Fsp3) is 0.417. The van der Waals surface area contributed by atoms with Crippen LogP contribution in [0.15, 0.2) is 17.0 Å². The topological polar surface area (TPSA) is 120 Å². The first-order valence-corrected chi connectivity index (χ1v) is 7.55. The van der Waals surface area contributed by atoms with Crippen molar-refractivity contribution in [3.8, 4) is 11.5 Å². The summed E-state index contributed by atoms with van der Waals surface area (Å²) in [4.78, 5) is 10.6. The number of carbonyl (C=O) groups excluding carboxylic acids is 1. The van der Waals surface area contributed by atoms with E-state index in [1.54, 1.807) is 0 Å². The van der Waals surface area contributed by atoms with Gasteiger partial charge >= 0.3 is 0 Å². The first-order chi connectivity index (χ1) is 9.81. The van der Waals surface area contributed by atoms with E-state index >= 15 is 0 Å². The number of carbonyl (C=O) groups is 1. The Morgan fingerprint density at radius 2 is 1.81 bits per heavy atom. The quantitative estimate of drug-likeness (QED) is 0.469. The van der Waals surface area contributed by atoms with Gasteiger partial charge in [-0.25, -0.2) is 13.1 Å². The van der Waals surface area contributed by atoms with E-state index < -0.39 is 10.0 Å². The standard InChI is InChI=1S/C12H19N3O5S/c1-8(16)14-4-5-15-21(17,18)12-6-9(13)10(19-2)7-11(12)20-3/h6-7,15H,4-5,13H2,1-3H3,(H,14,16). The molecule has 0 fully saturated rings. The molecule has 0 aliphatic rings. The van der Waals surface area contributed by atoms with Crippen molar-refractivity contribution in [2.24, 2.45) is 0 Å². The van der Waals surface area contributed by atoms with Crippen LogP contribution in [0.2, 0.25) is 0 Å². The van der Waals surface area contributed by atoms with Crippen LogP contribution in [-0.2, 0) is 14.8 Å². The number of amides is 1. The van der Waals surface area contributed by atoms with Crippen LogP contribution in [0.3, 0.4) is 0 Å². The number of sulfonamides is 1. The normalized spacial score (nSPS) is 11.0. The molecule has 1 rings (SSSR count). The minimum Gasteiger partial charge on any atom is -0.495 e. The molecule has 0 heterocycles. The molecule has 0 bridgehead atoms. The number of hydrogen-bond donors (Lipinski definition) is 3. The zero-order chi connectivity index (χ0) is 16.0. The maximum absolute atomic E-state index is 12.2. The Balaban J connectivity index is 2.97. The number of nitrogens with two attached hydrogens (primary N) is 1. The third-order valence-corrected chi connectivity index (χ3v) is 4.08. The van der Waals surface area contributed by atoms with E-state index in [9.17, 15) is 13.2 Å². The van der Waals surface area contributed by atoms with Crippen LogP contribution in [0.25, 0.3) is 0 Å². The molecule has 0 atom stereocenters. The molecule has 0 aliphatic heterocycles. The lowest BCUT2D eigenvalue weighted by molar-refractivity contribution is -0.118. The summed E-state index contributed by atoms with van der Waals surface area (Å²) in [5.41, 5.74) is 5.90. The molecule has 4 N–H and O–H groups in total. The maximum Gasteiger partial charge on any atom is 0.244 e. The summed E-state index contributed by atoms with van der Waals surface area (Å²) < 4.78 is 36.8. The predicted molar refractivity (Wildman–Crippen MR) is 77.8 cm³/mol. The lowest BCUT2D eigenvalue weighted by atomic mass is 10.3. The number of ether oxygens (including phenoxy) is 2. The average Bonchev–Trinajstić information content (AvgIpc) is 2.43. The van der Waals surface area contributed by atoms with Crippen molar-refractivity contribution < 1.29 is 22.7 Å². The number of rotatable bonds is 7. The van der Waals surface area contributed by atoms with E-state index in [2.05, 4.69) is 10.0 Å². The van der Waals surface area contributed by atoms with E-state index in [-0.39, 0.29) is 35.3 Å². The van der Waals surface area contributed by atoms with Crippen molar-refractivity contribution in [1.29, 1.82) is 0 Å². The first kappa shape index (κ1) is 17.1. The first-order valence-electron chi connectivity index (χ1n) is 6.07. The SMILES string of the molecule is COc1cc(OC)c(S(=O)(=O)NCCNC(C)=O)cc1N. The predicted octanol–water partition coefficient (Wildman–Crippen LogP) is -0.300. The van der Waals surface area contributed by atoms with Crippen LogP contribution in [0.4, 0.5) is 5.69 Å². The molecule has 1 aromatic carbocycles. The van der Waals surface area contributed by atoms with Crippen molar-refractivity contribution in [3.63, 3.8) is 0 Å². The molecular weight excluding hydrogens is 298 g/mol. The third kappa shape index (κ3) is 4.50. The maximum atomic E-state index is 12.2. The summed E-state index contributed by atoms with van der Waals surface area (Å²) in [6, 6.07) is 2.66. The van der Waals surface area contributed by atoms with Gasteiger partial charge in [0.2, 0.25) is 15.9 Å². The summed E-state index contributed by atoms with van der Waals surface area (Å²) in [5.74, 6) is 0.206. The lowest BCUT2D eigenvalue weighted by Crippen LogP contribution is -2.33. The second-order valence-corrected chi connectivity index (χ2v) is 5.86. The molecule has 0 radical (unpaired) electrons. The number of nitrogens with one attached hydrogen (secondary N) is 2. The largest absolute Gasteiger partial charge is 0.495 e. The van der Waals surface area contributed by atoms with Gasteiger partial charge in [0, 0.05) is 26.1 Å². The van der Waals surface area contributed by atoms with Crippen LogP contribution in [-0.4, -0.2) is 41.6 Å². The van der Waals surface area contributed by atoms with E-state index in [0.29, 0.717) is 5.75 Å². The molecule has 8 nitrogen and oxygen atoms in total. The highest BCUT2D eigenvalue weighted by molar-refractivity contribution is 7.89. The molecule has 0 saturated carbocycles. The number of nitrogen functional groups attached to an aromatic ring is 1. The van der Waals surface area contributed by atoms with Crippen LogP contribution >= 0.6 is 0 Å². The average molecular weight is 317 g/mol. The second kappa shape index (κ2) is 7.14. The van der Waals surface area contributed by atoms with Gasteiger partial charge in [-0.05, 0) is 6.07 Å². The molecule has 1 aromatic rings. The van der Waals surface area contributed by atoms with Crippen molar-refractivity contribution in [1.82, 2.24) is 10.0 Å². The zero-order valence-electron chi connectivity index (χ0n) is 12.1. The van der Waals surface area contributed by atoms with Gasteiger partial charge in [0.05, 0.1) is 19.9 Å². The van der Waals surface area contributed by atoms with E-state index in [4.69, 9.17) is 15.2 Å². The van der Waals surface area contributed by atoms with Gasteiger partial charge in [-0.2, -0.15) is 0 Å². The van der Waals surface area contributed by atoms with Crippen molar-refractivity contribution in [2.75, 3.05) is 33.0 Å². The summed E-state index contributed by atoms with van der Waals surface area (Å²) in [6.07, 6.45) is 0. The second-order valence-electron chi connectivity index (χ2n) is 4.13. The van der Waals surface area contributed by atoms with Crippen molar-refractivity contribution in [2.45, 2.75) is 11.8 Å². The minimum atomic E-state index is -3.81. The van der Waals surface area contributed by atoms with E-state index in [0.717, 1.165) is 0 Å². The molecule has 0 saturated heterocycles. The van der Waals surface area contributed by atoms with Crippen LogP contribution in [0.1, 0.15) is 6.92 Å². The van der Waals surface area contributed by atoms with Gasteiger partial charge in [0.15, 0.2) is 0 Å². The Morgan fingerprint density at radius 3 is 2.33 bits per heavy atom.